The molecule has 0 fully saturated rings. The third kappa shape index (κ3) is 7.49. The van der Waals surface area contributed by atoms with Crippen LogP contribution in [-0.2, 0) is 16.0 Å². The fourth-order valence-corrected chi connectivity index (χ4v) is 1.22. The van der Waals surface area contributed by atoms with Crippen LogP contribution in [0.1, 0.15) is 32.3 Å². The van der Waals surface area contributed by atoms with Crippen LogP contribution in [0.25, 0.3) is 0 Å². The topological polar surface area (TPSA) is 46.5 Å². The Hall–Kier alpha value is -1.77. The van der Waals surface area contributed by atoms with Gasteiger partial charge in [0.15, 0.2) is 0 Å². The quantitative estimate of drug-likeness (QED) is 0.657. The summed E-state index contributed by atoms with van der Waals surface area (Å²) < 4.78 is 4.27. The summed E-state index contributed by atoms with van der Waals surface area (Å²) in [5, 5.41) is 8.98. The van der Waals surface area contributed by atoms with Gasteiger partial charge in [-0.15, -0.1) is 0 Å². The second kappa shape index (κ2) is 9.28. The van der Waals surface area contributed by atoms with Gasteiger partial charge in [-0.25, -0.2) is 4.79 Å². The van der Waals surface area contributed by atoms with Crippen molar-refractivity contribution >= 4 is 5.97 Å². The molecule has 1 aromatic carbocycles. The van der Waals surface area contributed by atoms with E-state index in [2.05, 4.69) is 18.2 Å². The minimum Gasteiger partial charge on any atom is -0.508 e. The van der Waals surface area contributed by atoms with Crippen LogP contribution in [-0.4, -0.2) is 18.2 Å². The van der Waals surface area contributed by atoms with Crippen molar-refractivity contribution < 1.29 is 14.6 Å². The van der Waals surface area contributed by atoms with Gasteiger partial charge in [-0.05, 0) is 37.5 Å². The van der Waals surface area contributed by atoms with Crippen molar-refractivity contribution in [3.63, 3.8) is 0 Å². The molecule has 100 valence electrons. The number of carbonyl (C=O) groups is 1. The van der Waals surface area contributed by atoms with Gasteiger partial charge in [-0.2, -0.15) is 0 Å². The van der Waals surface area contributed by atoms with Crippen molar-refractivity contribution in [3.8, 4) is 5.75 Å². The lowest BCUT2D eigenvalue weighted by Gasteiger charge is -1.98. The summed E-state index contributed by atoms with van der Waals surface area (Å²) in [6, 6.07) is 7.44. The van der Waals surface area contributed by atoms with Gasteiger partial charge in [0.05, 0.1) is 7.11 Å². The van der Waals surface area contributed by atoms with Gasteiger partial charge in [0.25, 0.3) is 0 Å². The predicted octanol–water partition coefficient (Wildman–Crippen LogP) is 3.47. The largest absolute Gasteiger partial charge is 0.508 e. The number of phenolic OH excluding ortho intramolecular Hbond substituents is 1. The summed E-state index contributed by atoms with van der Waals surface area (Å²) in [6.07, 6.45) is 3.57. The highest BCUT2D eigenvalue weighted by atomic mass is 16.5. The number of esters is 1. The molecule has 3 heteroatoms. The van der Waals surface area contributed by atoms with Gasteiger partial charge in [-0.1, -0.05) is 32.1 Å². The number of carbonyl (C=O) groups excluding carboxylic acids is 1. The normalized spacial score (nSPS) is 9.06. The van der Waals surface area contributed by atoms with Crippen molar-refractivity contribution in [2.45, 2.75) is 33.1 Å². The first-order valence-electron chi connectivity index (χ1n) is 6.03. The van der Waals surface area contributed by atoms with E-state index < -0.39 is 0 Å². The molecule has 0 aliphatic carbocycles. The van der Waals surface area contributed by atoms with Gasteiger partial charge < -0.3 is 9.84 Å². The van der Waals surface area contributed by atoms with Crippen LogP contribution in [0.2, 0.25) is 0 Å². The average molecular weight is 250 g/mol. The van der Waals surface area contributed by atoms with E-state index in [1.165, 1.54) is 25.5 Å². The first-order chi connectivity index (χ1) is 8.51. The molecule has 18 heavy (non-hydrogen) atoms. The maximum Gasteiger partial charge on any atom is 0.332 e. The highest BCUT2D eigenvalue weighted by Gasteiger charge is 1.95. The zero-order valence-corrected chi connectivity index (χ0v) is 11.4. The second-order valence-electron chi connectivity index (χ2n) is 4.04. The Kier molecular flexibility index (Phi) is 8.37. The number of aromatic hydroxyl groups is 1. The number of aryl methyl sites for hydroxylation is 1. The number of methoxy groups -OCH3 is 1. The second-order valence-corrected chi connectivity index (χ2v) is 4.04. The maximum absolute atomic E-state index is 10.2. The van der Waals surface area contributed by atoms with Crippen LogP contribution in [0.15, 0.2) is 36.4 Å². The summed E-state index contributed by atoms with van der Waals surface area (Å²) in [7, 11) is 1.33. The zero-order valence-electron chi connectivity index (χ0n) is 11.4. The number of unbranched alkanes of at least 4 members (excludes halogenated alkanes) is 1. The van der Waals surface area contributed by atoms with Crippen LogP contribution in [0, 0.1) is 0 Å². The van der Waals surface area contributed by atoms with E-state index >= 15 is 0 Å². The van der Waals surface area contributed by atoms with Crippen molar-refractivity contribution in [2.24, 2.45) is 0 Å². The average Bonchev–Trinajstić information content (AvgIpc) is 2.37. The number of rotatable bonds is 4. The lowest BCUT2D eigenvalue weighted by Crippen LogP contribution is -1.98. The van der Waals surface area contributed by atoms with Crippen LogP contribution in [0.5, 0.6) is 5.75 Å². The van der Waals surface area contributed by atoms with Crippen LogP contribution < -0.4 is 0 Å². The molecule has 0 saturated carbocycles. The third-order valence-electron chi connectivity index (χ3n) is 2.29. The molecule has 0 heterocycles. The van der Waals surface area contributed by atoms with E-state index in [1.54, 1.807) is 19.1 Å². The zero-order chi connectivity index (χ0) is 14.0. The molecule has 1 rings (SSSR count). The highest BCUT2D eigenvalue weighted by Crippen LogP contribution is 2.11. The first kappa shape index (κ1) is 16.2. The molecule has 0 amide bonds. The fourth-order valence-electron chi connectivity index (χ4n) is 1.22. The van der Waals surface area contributed by atoms with E-state index in [0.29, 0.717) is 11.3 Å². The molecule has 0 aliphatic rings. The molecule has 3 nitrogen and oxygen atoms in total. The smallest absolute Gasteiger partial charge is 0.332 e. The number of ether oxygens (including phenoxy) is 1. The number of hydrogen-bond acceptors (Lipinski definition) is 3. The number of hydrogen-bond donors (Lipinski definition) is 1. The summed E-state index contributed by atoms with van der Waals surface area (Å²) >= 11 is 0. The highest BCUT2D eigenvalue weighted by molar-refractivity contribution is 5.86. The maximum atomic E-state index is 10.2. The molecular formula is C15H22O3. The fraction of sp³-hybridized carbons (Fsp3) is 0.400. The summed E-state index contributed by atoms with van der Waals surface area (Å²) in [5.41, 5.74) is 1.74. The SMILES string of the molecule is C=C(C)C(=O)OC.CCCCc1ccc(O)cc1. The molecule has 0 radical (unpaired) electrons. The molecule has 0 saturated heterocycles. The molecule has 1 N–H and O–H groups in total. The molecule has 0 aliphatic heterocycles. The Morgan fingerprint density at radius 1 is 1.33 bits per heavy atom. The number of phenols is 1. The Labute approximate surface area is 109 Å². The first-order valence-corrected chi connectivity index (χ1v) is 6.03. The molecule has 0 unspecified atom stereocenters. The van der Waals surface area contributed by atoms with E-state index in [1.807, 2.05) is 12.1 Å². The van der Waals surface area contributed by atoms with Gasteiger partial charge in [0, 0.05) is 5.57 Å². The van der Waals surface area contributed by atoms with Crippen molar-refractivity contribution in [1.82, 2.24) is 0 Å². The predicted molar refractivity (Wildman–Crippen MR) is 73.5 cm³/mol. The standard InChI is InChI=1S/C10H14O.C5H8O2/c1-2-3-4-9-5-7-10(11)8-6-9;1-4(2)5(6)7-3/h5-8,11H,2-4H2,1H3;1H2,2-3H3. The van der Waals surface area contributed by atoms with Gasteiger partial charge in [0.1, 0.15) is 5.75 Å². The monoisotopic (exact) mass is 250 g/mol. The Morgan fingerprint density at radius 2 is 1.89 bits per heavy atom. The molecule has 0 aromatic heterocycles. The van der Waals surface area contributed by atoms with E-state index in [4.69, 9.17) is 5.11 Å². The van der Waals surface area contributed by atoms with E-state index in [9.17, 15) is 4.79 Å². The summed E-state index contributed by atoms with van der Waals surface area (Å²) in [5.74, 6) is 0.00486. The molecule has 0 spiro atoms. The molecular weight excluding hydrogens is 228 g/mol. The van der Waals surface area contributed by atoms with E-state index in [0.717, 1.165) is 6.42 Å². The van der Waals surface area contributed by atoms with Crippen molar-refractivity contribution in [1.29, 1.82) is 0 Å². The number of benzene rings is 1. The van der Waals surface area contributed by atoms with Crippen molar-refractivity contribution in [3.05, 3.63) is 42.0 Å². The lowest BCUT2D eigenvalue weighted by atomic mass is 10.1. The summed E-state index contributed by atoms with van der Waals surface area (Å²) in [6.45, 7) is 7.14. The van der Waals surface area contributed by atoms with Gasteiger partial charge >= 0.3 is 5.97 Å². The van der Waals surface area contributed by atoms with Crippen molar-refractivity contribution in [2.75, 3.05) is 7.11 Å². The van der Waals surface area contributed by atoms with Crippen LogP contribution >= 0.6 is 0 Å². The molecule has 1 aromatic rings. The van der Waals surface area contributed by atoms with Gasteiger partial charge in [0.2, 0.25) is 0 Å². The van der Waals surface area contributed by atoms with Crippen LogP contribution in [0.3, 0.4) is 0 Å². The Bertz CT molecular complexity index is 366. The summed E-state index contributed by atoms with van der Waals surface area (Å²) in [4.78, 5) is 10.2. The minimum absolute atomic E-state index is 0.347. The van der Waals surface area contributed by atoms with E-state index in [-0.39, 0.29) is 5.97 Å². The minimum atomic E-state index is -0.347. The molecule has 0 bridgehead atoms. The Morgan fingerprint density at radius 3 is 2.22 bits per heavy atom. The van der Waals surface area contributed by atoms with Gasteiger partial charge in [-0.3, -0.25) is 0 Å². The third-order valence-corrected chi connectivity index (χ3v) is 2.29. The Balaban J connectivity index is 0.000000360. The lowest BCUT2D eigenvalue weighted by molar-refractivity contribution is -0.136. The van der Waals surface area contributed by atoms with Crippen LogP contribution in [0.4, 0.5) is 0 Å². The molecule has 0 atom stereocenters.